The van der Waals surface area contributed by atoms with E-state index in [0.717, 1.165) is 28.1 Å². The zero-order chi connectivity index (χ0) is 30.6. The molecule has 1 heterocycles. The molecule has 0 aliphatic carbocycles. The van der Waals surface area contributed by atoms with Gasteiger partial charge in [-0.2, -0.15) is 9.78 Å². The molecule has 0 unspecified atom stereocenters. The third kappa shape index (κ3) is 6.30. The van der Waals surface area contributed by atoms with Crippen LogP contribution in [0.15, 0.2) is 64.5 Å². The summed E-state index contributed by atoms with van der Waals surface area (Å²) >= 11 is 0. The van der Waals surface area contributed by atoms with Crippen LogP contribution in [0.2, 0.25) is 0 Å². The molecule has 0 spiro atoms. The van der Waals surface area contributed by atoms with Gasteiger partial charge in [-0.25, -0.2) is 9.78 Å². The molecule has 9 nitrogen and oxygen atoms in total. The minimum Gasteiger partial charge on any atom is -0.496 e. The van der Waals surface area contributed by atoms with Crippen LogP contribution in [0.4, 0.5) is 5.69 Å². The Labute approximate surface area is 246 Å². The topological polar surface area (TPSA) is 95.2 Å². The quantitative estimate of drug-likeness (QED) is 0.176. The Hall–Kier alpha value is -4.66. The fourth-order valence-electron chi connectivity index (χ4n) is 4.60. The van der Waals surface area contributed by atoms with Gasteiger partial charge in [0.05, 0.1) is 30.8 Å². The molecule has 4 rings (SSSR count). The number of methoxy groups -OCH3 is 1. The molecule has 3 aromatic carbocycles. The summed E-state index contributed by atoms with van der Waals surface area (Å²) in [7, 11) is 5.48. The molecular weight excluding hydrogens is 532 g/mol. The SMILES string of the molecule is CCOC(=O)[C@@H](C)Oc1cc(N(C)C)ccc1C=Nn1c(-c2cc(C(C)C)c(OC)cc2C)nc2ccccc2c1=O. The summed E-state index contributed by atoms with van der Waals surface area (Å²) in [5.74, 6) is 1.33. The minimum atomic E-state index is -0.841. The molecule has 0 bridgehead atoms. The zero-order valence-corrected chi connectivity index (χ0v) is 25.5. The Morgan fingerprint density at radius 2 is 1.81 bits per heavy atom. The number of hydrogen-bond donors (Lipinski definition) is 0. The van der Waals surface area contributed by atoms with Crippen molar-refractivity contribution in [1.82, 2.24) is 9.66 Å². The van der Waals surface area contributed by atoms with E-state index in [1.165, 1.54) is 4.68 Å². The van der Waals surface area contributed by atoms with Crippen molar-refractivity contribution in [3.05, 3.63) is 81.6 Å². The van der Waals surface area contributed by atoms with E-state index in [4.69, 9.17) is 19.2 Å². The second-order valence-electron chi connectivity index (χ2n) is 10.5. The van der Waals surface area contributed by atoms with Crippen LogP contribution in [-0.4, -0.2) is 55.8 Å². The fourth-order valence-corrected chi connectivity index (χ4v) is 4.60. The van der Waals surface area contributed by atoms with Crippen molar-refractivity contribution < 1.29 is 19.0 Å². The summed E-state index contributed by atoms with van der Waals surface area (Å²) in [4.78, 5) is 33.0. The van der Waals surface area contributed by atoms with Gasteiger partial charge in [0.15, 0.2) is 11.9 Å². The standard InChI is InChI=1S/C33H38N4O5/c1-9-41-33(39)22(5)42-29-17-24(36(6)7)15-14-23(29)19-34-37-31(35-28-13-11-10-12-25(28)32(37)38)27-18-26(20(2)3)30(40-8)16-21(27)4/h10-20,22H,9H2,1-8H3/t22-/m1/s1. The van der Waals surface area contributed by atoms with Crippen molar-refractivity contribution in [2.24, 2.45) is 5.10 Å². The summed E-state index contributed by atoms with van der Waals surface area (Å²) in [5.41, 5.74) is 4.39. The average molecular weight is 571 g/mol. The lowest BCUT2D eigenvalue weighted by Crippen LogP contribution is -2.26. The molecule has 0 saturated carbocycles. The van der Waals surface area contributed by atoms with E-state index in [9.17, 15) is 9.59 Å². The Bertz CT molecular complexity index is 1690. The number of fused-ring (bicyclic) bond motifs is 1. The highest BCUT2D eigenvalue weighted by atomic mass is 16.6. The van der Waals surface area contributed by atoms with Gasteiger partial charge in [-0.1, -0.05) is 26.0 Å². The molecular formula is C33H38N4O5. The Balaban J connectivity index is 1.91. The normalized spacial score (nSPS) is 12.1. The number of rotatable bonds is 10. The Morgan fingerprint density at radius 1 is 1.07 bits per heavy atom. The van der Waals surface area contributed by atoms with Gasteiger partial charge in [0.2, 0.25) is 0 Å². The van der Waals surface area contributed by atoms with Crippen molar-refractivity contribution in [1.29, 1.82) is 0 Å². The van der Waals surface area contributed by atoms with E-state index < -0.39 is 12.1 Å². The highest BCUT2D eigenvalue weighted by Gasteiger charge is 2.20. The number of nitrogens with zero attached hydrogens (tertiary/aromatic N) is 4. The number of carbonyl (C=O) groups excluding carboxylic acids is 1. The minimum absolute atomic E-state index is 0.180. The first kappa shape index (κ1) is 30.3. The second-order valence-corrected chi connectivity index (χ2v) is 10.5. The van der Waals surface area contributed by atoms with Crippen LogP contribution in [0.25, 0.3) is 22.3 Å². The molecule has 0 aliphatic heterocycles. The van der Waals surface area contributed by atoms with Gasteiger partial charge in [0, 0.05) is 37.0 Å². The maximum Gasteiger partial charge on any atom is 0.347 e. The monoisotopic (exact) mass is 570 g/mol. The number of carbonyl (C=O) groups is 1. The third-order valence-corrected chi connectivity index (χ3v) is 6.94. The van der Waals surface area contributed by atoms with E-state index in [-0.39, 0.29) is 18.1 Å². The molecule has 0 radical (unpaired) electrons. The predicted octanol–water partition coefficient (Wildman–Crippen LogP) is 5.78. The lowest BCUT2D eigenvalue weighted by Gasteiger charge is -2.19. The van der Waals surface area contributed by atoms with Gasteiger partial charge >= 0.3 is 5.97 Å². The van der Waals surface area contributed by atoms with Gasteiger partial charge in [-0.15, -0.1) is 0 Å². The first-order valence-electron chi connectivity index (χ1n) is 13.9. The van der Waals surface area contributed by atoms with Crippen LogP contribution in [0.5, 0.6) is 11.5 Å². The van der Waals surface area contributed by atoms with Crippen molar-refractivity contribution in [3.63, 3.8) is 0 Å². The molecule has 1 atom stereocenters. The highest BCUT2D eigenvalue weighted by Crippen LogP contribution is 2.34. The van der Waals surface area contributed by atoms with Gasteiger partial charge in [-0.05, 0) is 74.2 Å². The van der Waals surface area contributed by atoms with Crippen LogP contribution in [0.3, 0.4) is 0 Å². The van der Waals surface area contributed by atoms with Crippen molar-refractivity contribution in [2.45, 2.75) is 46.6 Å². The summed E-state index contributed by atoms with van der Waals surface area (Å²) in [6.45, 7) is 9.77. The molecule has 1 aromatic heterocycles. The molecule has 4 aromatic rings. The maximum absolute atomic E-state index is 13.8. The summed E-state index contributed by atoms with van der Waals surface area (Å²) in [6, 6.07) is 16.8. The fraction of sp³-hybridized carbons (Fsp3) is 0.333. The van der Waals surface area contributed by atoms with E-state index in [0.29, 0.717) is 28.0 Å². The number of aryl methyl sites for hydroxylation is 1. The number of hydrogen-bond acceptors (Lipinski definition) is 8. The van der Waals surface area contributed by atoms with Crippen molar-refractivity contribution in [2.75, 3.05) is 32.7 Å². The molecule has 42 heavy (non-hydrogen) atoms. The van der Waals surface area contributed by atoms with Crippen LogP contribution >= 0.6 is 0 Å². The van der Waals surface area contributed by atoms with E-state index in [1.54, 1.807) is 39.3 Å². The van der Waals surface area contributed by atoms with E-state index in [1.807, 2.05) is 68.4 Å². The summed E-state index contributed by atoms with van der Waals surface area (Å²) in [5, 5.41) is 5.11. The number of para-hydroxylation sites is 1. The molecule has 0 fully saturated rings. The summed E-state index contributed by atoms with van der Waals surface area (Å²) < 4.78 is 18.1. The predicted molar refractivity (Wildman–Crippen MR) is 167 cm³/mol. The number of ether oxygens (including phenoxy) is 3. The van der Waals surface area contributed by atoms with Gasteiger partial charge < -0.3 is 19.1 Å². The largest absolute Gasteiger partial charge is 0.496 e. The van der Waals surface area contributed by atoms with Crippen LogP contribution in [0, 0.1) is 6.92 Å². The lowest BCUT2D eigenvalue weighted by atomic mass is 9.96. The average Bonchev–Trinajstić information content (AvgIpc) is 2.96. The number of esters is 1. The molecule has 0 N–H and O–H groups in total. The molecule has 0 saturated heterocycles. The van der Waals surface area contributed by atoms with Gasteiger partial charge in [-0.3, -0.25) is 4.79 Å². The zero-order valence-electron chi connectivity index (χ0n) is 25.5. The number of benzene rings is 3. The molecule has 9 heteroatoms. The van der Waals surface area contributed by atoms with Crippen LogP contribution < -0.4 is 19.9 Å². The smallest absolute Gasteiger partial charge is 0.347 e. The van der Waals surface area contributed by atoms with E-state index in [2.05, 4.69) is 18.9 Å². The Morgan fingerprint density at radius 3 is 2.48 bits per heavy atom. The third-order valence-electron chi connectivity index (χ3n) is 6.94. The molecule has 0 amide bonds. The van der Waals surface area contributed by atoms with Gasteiger partial charge in [0.25, 0.3) is 5.56 Å². The Kier molecular flexibility index (Phi) is 9.30. The number of anilines is 1. The summed E-state index contributed by atoms with van der Waals surface area (Å²) in [6.07, 6.45) is 0.711. The molecule has 220 valence electrons. The first-order valence-corrected chi connectivity index (χ1v) is 13.9. The van der Waals surface area contributed by atoms with Crippen molar-refractivity contribution >= 4 is 28.8 Å². The molecule has 0 aliphatic rings. The maximum atomic E-state index is 13.8. The van der Waals surface area contributed by atoms with E-state index >= 15 is 0 Å². The van der Waals surface area contributed by atoms with Gasteiger partial charge in [0.1, 0.15) is 11.5 Å². The first-order chi connectivity index (χ1) is 20.0. The van der Waals surface area contributed by atoms with Crippen LogP contribution in [0.1, 0.15) is 50.3 Å². The second kappa shape index (κ2) is 12.9. The van der Waals surface area contributed by atoms with Crippen LogP contribution in [-0.2, 0) is 9.53 Å². The highest BCUT2D eigenvalue weighted by molar-refractivity contribution is 5.86. The van der Waals surface area contributed by atoms with Crippen molar-refractivity contribution in [3.8, 4) is 22.9 Å². The number of aromatic nitrogens is 2. The lowest BCUT2D eigenvalue weighted by molar-refractivity contribution is -0.150.